The minimum absolute atomic E-state index is 0.0706. The summed E-state index contributed by atoms with van der Waals surface area (Å²) in [4.78, 5) is 0. The van der Waals surface area contributed by atoms with E-state index in [4.69, 9.17) is 8.83 Å². The van der Waals surface area contributed by atoms with Gasteiger partial charge in [-0.25, -0.2) is 0 Å². The van der Waals surface area contributed by atoms with Gasteiger partial charge in [0.05, 0.1) is 0 Å². The molecular weight excluding hydrogens is 645 g/mol. The average molecular weight is 677 g/mol. The van der Waals surface area contributed by atoms with E-state index < -0.39 is 0 Å². The van der Waals surface area contributed by atoms with E-state index in [0.717, 1.165) is 54.8 Å². The third-order valence-corrected chi connectivity index (χ3v) is 12.0. The Labute approximate surface area is 305 Å². The number of hydrogen-bond acceptors (Lipinski definition) is 2. The topological polar surface area (TPSA) is 26.3 Å². The first kappa shape index (κ1) is 29.0. The van der Waals surface area contributed by atoms with Gasteiger partial charge in [-0.05, 0) is 119 Å². The Morgan fingerprint density at radius 3 is 1.70 bits per heavy atom. The molecule has 0 amide bonds. The smallest absolute Gasteiger partial charge is 0.136 e. The standard InChI is InChI=1S/C51H32O2/c1-51(2)42-17-9-7-11-32(42)33-22-19-30(26-43(33)51)48-35-13-3-5-15-37(35)49(38-16-6-4-14-36(38)48)31-20-23-39-46(27-31)53-45-24-21-29-25-41-34-12-8-10-18-44(34)52-47(41)28-40(29)50(39)45/h3-28H,1-2H3. The Balaban J connectivity index is 1.08. The van der Waals surface area contributed by atoms with E-state index >= 15 is 0 Å². The second-order valence-corrected chi connectivity index (χ2v) is 15.2. The highest BCUT2D eigenvalue weighted by Crippen LogP contribution is 2.51. The Hall–Kier alpha value is -6.64. The minimum Gasteiger partial charge on any atom is -0.456 e. The first-order chi connectivity index (χ1) is 26.0. The molecule has 2 heteroatoms. The predicted octanol–water partition coefficient (Wildman–Crippen LogP) is 14.6. The van der Waals surface area contributed by atoms with Crippen molar-refractivity contribution in [3.05, 3.63) is 169 Å². The van der Waals surface area contributed by atoms with Crippen LogP contribution in [0.2, 0.25) is 0 Å². The third-order valence-electron chi connectivity index (χ3n) is 12.0. The van der Waals surface area contributed by atoms with Crippen molar-refractivity contribution in [3.8, 4) is 33.4 Å². The molecule has 12 rings (SSSR count). The Kier molecular flexibility index (Phi) is 5.60. The van der Waals surface area contributed by atoms with E-state index in [2.05, 4.69) is 159 Å². The van der Waals surface area contributed by atoms with Crippen LogP contribution >= 0.6 is 0 Å². The molecule has 0 unspecified atom stereocenters. The van der Waals surface area contributed by atoms with Crippen molar-refractivity contribution >= 4 is 76.2 Å². The van der Waals surface area contributed by atoms with Crippen LogP contribution in [-0.4, -0.2) is 0 Å². The second-order valence-electron chi connectivity index (χ2n) is 15.2. The van der Waals surface area contributed by atoms with Crippen molar-refractivity contribution in [2.45, 2.75) is 19.3 Å². The van der Waals surface area contributed by atoms with Gasteiger partial charge in [0.15, 0.2) is 0 Å². The summed E-state index contributed by atoms with van der Waals surface area (Å²) in [5.74, 6) is 0. The van der Waals surface area contributed by atoms with Crippen LogP contribution in [0, 0.1) is 0 Å². The number of para-hydroxylation sites is 1. The zero-order chi connectivity index (χ0) is 35.0. The zero-order valence-corrected chi connectivity index (χ0v) is 29.3. The zero-order valence-electron chi connectivity index (χ0n) is 29.3. The van der Waals surface area contributed by atoms with Crippen LogP contribution < -0.4 is 0 Å². The molecule has 2 aromatic heterocycles. The summed E-state index contributed by atoms with van der Waals surface area (Å²) in [6.07, 6.45) is 0. The third kappa shape index (κ3) is 3.87. The molecule has 248 valence electrons. The average Bonchev–Trinajstić information content (AvgIpc) is 3.83. The summed E-state index contributed by atoms with van der Waals surface area (Å²) in [6.45, 7) is 4.72. The van der Waals surface area contributed by atoms with Gasteiger partial charge in [-0.2, -0.15) is 0 Å². The lowest BCUT2D eigenvalue weighted by atomic mass is 9.80. The molecule has 53 heavy (non-hydrogen) atoms. The lowest BCUT2D eigenvalue weighted by Gasteiger charge is -2.23. The summed E-state index contributed by atoms with van der Waals surface area (Å²) in [7, 11) is 0. The first-order valence-electron chi connectivity index (χ1n) is 18.4. The number of rotatable bonds is 2. The molecule has 0 aliphatic heterocycles. The largest absolute Gasteiger partial charge is 0.456 e. The molecule has 0 N–H and O–H groups in total. The maximum Gasteiger partial charge on any atom is 0.136 e. The molecule has 0 spiro atoms. The lowest BCUT2D eigenvalue weighted by molar-refractivity contribution is 0.660. The molecule has 0 saturated carbocycles. The highest BCUT2D eigenvalue weighted by molar-refractivity contribution is 6.24. The summed E-state index contributed by atoms with van der Waals surface area (Å²) >= 11 is 0. The lowest BCUT2D eigenvalue weighted by Crippen LogP contribution is -2.14. The van der Waals surface area contributed by atoms with E-state index in [1.807, 2.05) is 12.1 Å². The van der Waals surface area contributed by atoms with Gasteiger partial charge in [-0.3, -0.25) is 0 Å². The molecule has 0 saturated heterocycles. The number of benzene rings is 9. The van der Waals surface area contributed by atoms with Gasteiger partial charge in [0.25, 0.3) is 0 Å². The van der Waals surface area contributed by atoms with Crippen molar-refractivity contribution in [2.75, 3.05) is 0 Å². The molecule has 2 nitrogen and oxygen atoms in total. The summed E-state index contributed by atoms with van der Waals surface area (Å²) in [6, 6.07) is 57.6. The van der Waals surface area contributed by atoms with Crippen molar-refractivity contribution in [1.29, 1.82) is 0 Å². The number of furan rings is 2. The molecule has 0 atom stereocenters. The SMILES string of the molecule is CC1(C)c2ccccc2-c2ccc(-c3c4ccccc4c(-c4ccc5c(c4)oc4ccc6cc7c(cc6c45)oc4ccccc47)c4ccccc34)cc21. The molecule has 9 aromatic carbocycles. The van der Waals surface area contributed by atoms with E-state index in [-0.39, 0.29) is 5.41 Å². The molecule has 0 bridgehead atoms. The molecule has 0 radical (unpaired) electrons. The normalized spacial score (nSPS) is 13.6. The van der Waals surface area contributed by atoms with Crippen molar-refractivity contribution < 1.29 is 8.83 Å². The second kappa shape index (κ2) is 10.2. The number of hydrogen-bond donors (Lipinski definition) is 0. The highest BCUT2D eigenvalue weighted by Gasteiger charge is 2.35. The maximum atomic E-state index is 6.67. The maximum absolute atomic E-state index is 6.67. The van der Waals surface area contributed by atoms with Crippen LogP contribution in [0.5, 0.6) is 0 Å². The van der Waals surface area contributed by atoms with Crippen molar-refractivity contribution in [3.63, 3.8) is 0 Å². The van der Waals surface area contributed by atoms with Gasteiger partial charge >= 0.3 is 0 Å². The Morgan fingerprint density at radius 2 is 0.943 bits per heavy atom. The molecule has 1 aliphatic rings. The van der Waals surface area contributed by atoms with Gasteiger partial charge in [0, 0.05) is 27.0 Å². The van der Waals surface area contributed by atoms with Gasteiger partial charge in [0.2, 0.25) is 0 Å². The van der Waals surface area contributed by atoms with Gasteiger partial charge in [-0.15, -0.1) is 0 Å². The van der Waals surface area contributed by atoms with Crippen LogP contribution in [0.1, 0.15) is 25.0 Å². The molecule has 11 aromatic rings. The minimum atomic E-state index is -0.0706. The van der Waals surface area contributed by atoms with Crippen LogP contribution in [0.3, 0.4) is 0 Å². The van der Waals surface area contributed by atoms with Gasteiger partial charge in [-0.1, -0.05) is 129 Å². The number of fused-ring (bicyclic) bond motifs is 13. The highest BCUT2D eigenvalue weighted by atomic mass is 16.3. The van der Waals surface area contributed by atoms with Crippen LogP contribution in [0.4, 0.5) is 0 Å². The Morgan fingerprint density at radius 1 is 0.358 bits per heavy atom. The van der Waals surface area contributed by atoms with Crippen LogP contribution in [0.25, 0.3) is 110 Å². The van der Waals surface area contributed by atoms with Crippen LogP contribution in [0.15, 0.2) is 167 Å². The quantitative estimate of drug-likeness (QED) is 0.170. The summed E-state index contributed by atoms with van der Waals surface area (Å²) < 4.78 is 13.0. The predicted molar refractivity (Wildman–Crippen MR) is 222 cm³/mol. The van der Waals surface area contributed by atoms with E-state index in [1.54, 1.807) is 0 Å². The van der Waals surface area contributed by atoms with Crippen molar-refractivity contribution in [2.24, 2.45) is 0 Å². The fourth-order valence-corrected chi connectivity index (χ4v) is 9.58. The first-order valence-corrected chi connectivity index (χ1v) is 18.4. The van der Waals surface area contributed by atoms with Crippen molar-refractivity contribution in [1.82, 2.24) is 0 Å². The Bertz CT molecular complexity index is 3310. The van der Waals surface area contributed by atoms with Crippen LogP contribution in [-0.2, 0) is 5.41 Å². The monoisotopic (exact) mass is 676 g/mol. The van der Waals surface area contributed by atoms with Gasteiger partial charge in [0.1, 0.15) is 22.3 Å². The summed E-state index contributed by atoms with van der Waals surface area (Å²) in [5.41, 5.74) is 13.9. The molecule has 0 fully saturated rings. The molecule has 2 heterocycles. The molecule has 1 aliphatic carbocycles. The van der Waals surface area contributed by atoms with E-state index in [0.29, 0.717) is 0 Å². The fraction of sp³-hybridized carbons (Fsp3) is 0.0588. The van der Waals surface area contributed by atoms with E-state index in [9.17, 15) is 0 Å². The fourth-order valence-electron chi connectivity index (χ4n) is 9.58. The van der Waals surface area contributed by atoms with Gasteiger partial charge < -0.3 is 8.83 Å². The molecular formula is C51H32O2. The van der Waals surface area contributed by atoms with E-state index in [1.165, 1.54) is 65.9 Å². The summed E-state index contributed by atoms with van der Waals surface area (Å²) in [5, 5.41) is 11.8.